The second-order valence-electron chi connectivity index (χ2n) is 12.7. The number of nitrogens with one attached hydrogen (secondary N) is 1. The van der Waals surface area contributed by atoms with Crippen molar-refractivity contribution in [3.63, 3.8) is 0 Å². The zero-order valence-corrected chi connectivity index (χ0v) is 26.1. The molecule has 2 heterocycles. The van der Waals surface area contributed by atoms with Crippen LogP contribution in [0.3, 0.4) is 0 Å². The lowest BCUT2D eigenvalue weighted by Gasteiger charge is -2.34. The SMILES string of the molecule is CCOC(=O)CCNc1nc2ccc(C(C)(C)C(=O)N(CC(C)C)CC(C)C)cc2n1CCCN1CCCCC1. The van der Waals surface area contributed by atoms with Gasteiger partial charge in [-0.05, 0) is 89.2 Å². The van der Waals surface area contributed by atoms with Crippen molar-refractivity contribution in [2.75, 3.05) is 51.2 Å². The molecule has 1 amide bonds. The fourth-order valence-corrected chi connectivity index (χ4v) is 5.66. The summed E-state index contributed by atoms with van der Waals surface area (Å²) in [6.45, 7) is 21.2. The van der Waals surface area contributed by atoms with E-state index in [0.29, 0.717) is 31.4 Å². The minimum atomic E-state index is -0.668. The number of nitrogens with zero attached hydrogens (tertiary/aromatic N) is 4. The Kier molecular flexibility index (Phi) is 11.9. The summed E-state index contributed by atoms with van der Waals surface area (Å²) in [4.78, 5) is 35.3. The summed E-state index contributed by atoms with van der Waals surface area (Å²) in [6, 6.07) is 6.24. The fraction of sp³-hybridized carbons (Fsp3) is 0.719. The van der Waals surface area contributed by atoms with Gasteiger partial charge in [0.15, 0.2) is 0 Å². The van der Waals surface area contributed by atoms with Gasteiger partial charge in [0.25, 0.3) is 0 Å². The molecule has 0 spiro atoms. The van der Waals surface area contributed by atoms with E-state index in [1.165, 1.54) is 32.4 Å². The summed E-state index contributed by atoms with van der Waals surface area (Å²) < 4.78 is 7.33. The zero-order valence-electron chi connectivity index (χ0n) is 26.1. The summed E-state index contributed by atoms with van der Waals surface area (Å²) >= 11 is 0. The molecule has 3 rings (SSSR count). The van der Waals surface area contributed by atoms with Crippen LogP contribution in [0.4, 0.5) is 5.95 Å². The zero-order chi connectivity index (χ0) is 29.3. The molecule has 1 aromatic heterocycles. The number of fused-ring (bicyclic) bond motifs is 1. The van der Waals surface area contributed by atoms with E-state index < -0.39 is 5.41 Å². The minimum Gasteiger partial charge on any atom is -0.466 e. The molecular formula is C32H53N5O3. The summed E-state index contributed by atoms with van der Waals surface area (Å²) in [5.41, 5.74) is 2.25. The first-order chi connectivity index (χ1) is 19.0. The van der Waals surface area contributed by atoms with Crippen molar-refractivity contribution in [1.82, 2.24) is 19.4 Å². The van der Waals surface area contributed by atoms with Gasteiger partial charge < -0.3 is 24.4 Å². The van der Waals surface area contributed by atoms with Crippen molar-refractivity contribution in [1.29, 1.82) is 0 Å². The van der Waals surface area contributed by atoms with Crippen LogP contribution in [-0.2, 0) is 26.3 Å². The van der Waals surface area contributed by atoms with Crippen molar-refractivity contribution in [2.45, 2.75) is 92.5 Å². The van der Waals surface area contributed by atoms with Crippen molar-refractivity contribution >= 4 is 28.9 Å². The maximum atomic E-state index is 13.9. The summed E-state index contributed by atoms with van der Waals surface area (Å²) in [5.74, 6) is 1.53. The molecule has 1 aliphatic heterocycles. The van der Waals surface area contributed by atoms with Crippen molar-refractivity contribution in [3.05, 3.63) is 23.8 Å². The second kappa shape index (κ2) is 14.9. The van der Waals surface area contributed by atoms with Gasteiger partial charge in [-0.2, -0.15) is 0 Å². The van der Waals surface area contributed by atoms with E-state index in [0.717, 1.165) is 55.1 Å². The van der Waals surface area contributed by atoms with Gasteiger partial charge in [-0.3, -0.25) is 9.59 Å². The van der Waals surface area contributed by atoms with Crippen LogP contribution < -0.4 is 5.32 Å². The quantitative estimate of drug-likeness (QED) is 0.284. The fourth-order valence-electron chi connectivity index (χ4n) is 5.66. The molecule has 224 valence electrons. The molecule has 2 aromatic rings. The average Bonchev–Trinajstić information content (AvgIpc) is 3.24. The molecule has 0 bridgehead atoms. The molecule has 1 N–H and O–H groups in total. The molecule has 1 aliphatic rings. The molecule has 1 saturated heterocycles. The Morgan fingerprint density at radius 2 is 1.73 bits per heavy atom. The summed E-state index contributed by atoms with van der Waals surface area (Å²) in [5, 5.41) is 3.39. The molecule has 0 saturated carbocycles. The van der Waals surface area contributed by atoms with Crippen LogP contribution in [0.2, 0.25) is 0 Å². The molecule has 40 heavy (non-hydrogen) atoms. The molecule has 0 aliphatic carbocycles. The first-order valence-corrected chi connectivity index (χ1v) is 15.4. The lowest BCUT2D eigenvalue weighted by atomic mass is 9.82. The Morgan fingerprint density at radius 1 is 1.05 bits per heavy atom. The van der Waals surface area contributed by atoms with Gasteiger partial charge in [-0.1, -0.05) is 40.2 Å². The number of esters is 1. The van der Waals surface area contributed by atoms with E-state index in [9.17, 15) is 9.59 Å². The van der Waals surface area contributed by atoms with Gasteiger partial charge in [0.05, 0.1) is 29.5 Å². The maximum Gasteiger partial charge on any atom is 0.307 e. The highest BCUT2D eigenvalue weighted by Crippen LogP contribution is 2.31. The van der Waals surface area contributed by atoms with Crippen molar-refractivity contribution < 1.29 is 14.3 Å². The average molecular weight is 556 g/mol. The van der Waals surface area contributed by atoms with E-state index in [1.807, 2.05) is 31.7 Å². The predicted octanol–water partition coefficient (Wildman–Crippen LogP) is 5.70. The number of anilines is 1. The molecule has 8 heteroatoms. The van der Waals surface area contributed by atoms with E-state index in [1.54, 1.807) is 0 Å². The van der Waals surface area contributed by atoms with E-state index in [2.05, 4.69) is 54.6 Å². The lowest BCUT2D eigenvalue weighted by molar-refractivity contribution is -0.142. The number of ether oxygens (including phenoxy) is 1. The van der Waals surface area contributed by atoms with Gasteiger partial charge in [-0.25, -0.2) is 4.98 Å². The first kappa shape index (κ1) is 31.9. The number of carbonyl (C=O) groups is 2. The number of amides is 1. The predicted molar refractivity (Wildman–Crippen MR) is 164 cm³/mol. The van der Waals surface area contributed by atoms with Gasteiger partial charge in [0.1, 0.15) is 0 Å². The van der Waals surface area contributed by atoms with Crippen LogP contribution in [0.15, 0.2) is 18.2 Å². The minimum absolute atomic E-state index is 0.165. The molecule has 8 nitrogen and oxygen atoms in total. The number of hydrogen-bond acceptors (Lipinski definition) is 6. The van der Waals surface area contributed by atoms with Gasteiger partial charge in [0.2, 0.25) is 11.9 Å². The number of carbonyl (C=O) groups excluding carboxylic acids is 2. The third-order valence-corrected chi connectivity index (χ3v) is 7.69. The third-order valence-electron chi connectivity index (χ3n) is 7.69. The largest absolute Gasteiger partial charge is 0.466 e. The van der Waals surface area contributed by atoms with Crippen LogP contribution in [0.25, 0.3) is 11.0 Å². The highest BCUT2D eigenvalue weighted by Gasteiger charge is 2.35. The van der Waals surface area contributed by atoms with E-state index >= 15 is 0 Å². The maximum absolute atomic E-state index is 13.9. The van der Waals surface area contributed by atoms with Crippen LogP contribution in [0, 0.1) is 11.8 Å². The smallest absolute Gasteiger partial charge is 0.307 e. The Bertz CT molecular complexity index is 1090. The number of hydrogen-bond donors (Lipinski definition) is 1. The number of aryl methyl sites for hydroxylation is 1. The Morgan fingerprint density at radius 3 is 2.35 bits per heavy atom. The Balaban J connectivity index is 1.88. The molecule has 0 radical (unpaired) electrons. The van der Waals surface area contributed by atoms with Gasteiger partial charge in [0, 0.05) is 26.2 Å². The van der Waals surface area contributed by atoms with Crippen LogP contribution in [0.1, 0.15) is 86.1 Å². The van der Waals surface area contributed by atoms with Crippen LogP contribution in [-0.4, -0.2) is 77.1 Å². The number of aromatic nitrogens is 2. The second-order valence-corrected chi connectivity index (χ2v) is 12.7. The van der Waals surface area contributed by atoms with Crippen molar-refractivity contribution in [3.8, 4) is 0 Å². The standard InChI is InChI=1S/C32H53N5O3/c1-8-40-29(38)15-16-33-31-34-27-14-13-26(32(6,7)30(39)36(22-24(2)3)23-25(4)5)21-28(27)37(31)20-12-19-35-17-10-9-11-18-35/h13-14,21,24-25H,8-12,15-20,22-23H2,1-7H3,(H,33,34). The number of rotatable bonds is 15. The molecular weight excluding hydrogens is 502 g/mol. The van der Waals surface area contributed by atoms with Crippen LogP contribution >= 0.6 is 0 Å². The highest BCUT2D eigenvalue weighted by atomic mass is 16.5. The monoisotopic (exact) mass is 555 g/mol. The van der Waals surface area contributed by atoms with Crippen molar-refractivity contribution in [2.24, 2.45) is 11.8 Å². The third kappa shape index (κ3) is 8.69. The number of imidazole rings is 1. The summed E-state index contributed by atoms with van der Waals surface area (Å²) in [6.07, 6.45) is 5.21. The number of piperidine rings is 1. The first-order valence-electron chi connectivity index (χ1n) is 15.4. The van der Waals surface area contributed by atoms with E-state index in [-0.39, 0.29) is 11.9 Å². The number of likely N-dealkylation sites (tertiary alicyclic amines) is 1. The molecule has 1 fully saturated rings. The Labute approximate surface area is 241 Å². The normalized spacial score (nSPS) is 14.7. The van der Waals surface area contributed by atoms with E-state index in [4.69, 9.17) is 9.72 Å². The molecule has 0 unspecified atom stereocenters. The lowest BCUT2D eigenvalue weighted by Crippen LogP contribution is -2.46. The number of benzene rings is 1. The topological polar surface area (TPSA) is 79.7 Å². The molecule has 0 atom stereocenters. The molecule has 1 aromatic carbocycles. The van der Waals surface area contributed by atoms with Crippen LogP contribution in [0.5, 0.6) is 0 Å². The van der Waals surface area contributed by atoms with Gasteiger partial charge in [-0.15, -0.1) is 0 Å². The Hall–Kier alpha value is -2.61. The highest BCUT2D eigenvalue weighted by molar-refractivity contribution is 5.89. The van der Waals surface area contributed by atoms with Gasteiger partial charge >= 0.3 is 5.97 Å². The summed E-state index contributed by atoms with van der Waals surface area (Å²) in [7, 11) is 0.